The second-order valence-electron chi connectivity index (χ2n) is 3.52. The van der Waals surface area contributed by atoms with Crippen molar-refractivity contribution in [3.63, 3.8) is 0 Å². The van der Waals surface area contributed by atoms with Gasteiger partial charge in [0.25, 0.3) is 0 Å². The number of rotatable bonds is 2. The predicted molar refractivity (Wildman–Crippen MR) is 65.6 cm³/mol. The van der Waals surface area contributed by atoms with Gasteiger partial charge in [-0.15, -0.1) is 0 Å². The third-order valence-electron chi connectivity index (χ3n) is 2.38. The van der Waals surface area contributed by atoms with Gasteiger partial charge in [-0.05, 0) is 12.1 Å². The van der Waals surface area contributed by atoms with Crippen LogP contribution in [0.5, 0.6) is 0 Å². The van der Waals surface area contributed by atoms with E-state index in [-0.39, 0.29) is 56.3 Å². The van der Waals surface area contributed by atoms with E-state index in [0.29, 0.717) is 0 Å². The number of hydrogen-bond donors (Lipinski definition) is 0. The Hall–Kier alpha value is 0.000519. The van der Waals surface area contributed by atoms with Crippen LogP contribution in [0.1, 0.15) is 0 Å². The van der Waals surface area contributed by atoms with Crippen molar-refractivity contribution < 1.29 is 25.9 Å². The van der Waals surface area contributed by atoms with Gasteiger partial charge >= 0.3 is 45.5 Å². The van der Waals surface area contributed by atoms with Gasteiger partial charge in [0, 0.05) is 10.8 Å². The van der Waals surface area contributed by atoms with E-state index in [4.69, 9.17) is 0 Å². The van der Waals surface area contributed by atoms with Crippen molar-refractivity contribution in [2.24, 2.45) is 0 Å². The molecule has 0 radical (unpaired) electrons. The van der Waals surface area contributed by atoms with E-state index in [1.54, 1.807) is 0 Å². The molecule has 2 rings (SSSR count). The van der Waals surface area contributed by atoms with E-state index in [0.717, 1.165) is 12.1 Å². The minimum atomic E-state index is -4.74. The van der Waals surface area contributed by atoms with Crippen LogP contribution in [0.15, 0.2) is 46.2 Å². The molecule has 0 saturated carbocycles. The van der Waals surface area contributed by atoms with Gasteiger partial charge in [-0.1, -0.05) is 24.3 Å². The van der Waals surface area contributed by atoms with E-state index >= 15 is 0 Å². The molecule has 0 aliphatic heterocycles. The fraction of sp³-hybridized carbons (Fsp3) is 0. The average molecular weight is 374 g/mol. The second-order valence-corrected chi connectivity index (χ2v) is 6.21. The standard InChI is InChI=1S/C10H8O6S2.Sr/c11-17(12,13)9-5-1-3-7-8(9)4-2-6-10(7)18(14,15)16;/h1-6H,(H,11,12,13)(H,14,15,16);/q;+2/p-2. The van der Waals surface area contributed by atoms with Gasteiger partial charge in [0.15, 0.2) is 0 Å². The van der Waals surface area contributed by atoms with Crippen molar-refractivity contribution in [2.75, 3.05) is 0 Å². The molecule has 2 aromatic rings. The molecule has 0 amide bonds. The van der Waals surface area contributed by atoms with Gasteiger partial charge in [-0.25, -0.2) is 16.8 Å². The van der Waals surface area contributed by atoms with Crippen LogP contribution in [0.2, 0.25) is 0 Å². The van der Waals surface area contributed by atoms with Crippen LogP contribution in [0.4, 0.5) is 0 Å². The van der Waals surface area contributed by atoms with Crippen molar-refractivity contribution in [1.82, 2.24) is 0 Å². The number of fused-ring (bicyclic) bond motifs is 1. The molecule has 0 spiro atoms. The van der Waals surface area contributed by atoms with E-state index in [1.807, 2.05) is 0 Å². The Labute approximate surface area is 147 Å². The molecule has 0 aromatic heterocycles. The Balaban J connectivity index is 0.00000180. The Morgan fingerprint density at radius 2 is 1.00 bits per heavy atom. The van der Waals surface area contributed by atoms with Crippen LogP contribution in [-0.4, -0.2) is 71.4 Å². The summed E-state index contributed by atoms with van der Waals surface area (Å²) in [6.07, 6.45) is 0. The zero-order valence-corrected chi connectivity index (χ0v) is 14.5. The van der Waals surface area contributed by atoms with Crippen LogP contribution in [0.3, 0.4) is 0 Å². The molecule has 2 aromatic carbocycles. The topological polar surface area (TPSA) is 114 Å². The van der Waals surface area contributed by atoms with Gasteiger partial charge in [0.05, 0.1) is 9.79 Å². The van der Waals surface area contributed by atoms with Crippen LogP contribution in [0.25, 0.3) is 10.8 Å². The summed E-state index contributed by atoms with van der Waals surface area (Å²) in [5, 5.41) is -0.158. The number of benzene rings is 2. The summed E-state index contributed by atoms with van der Waals surface area (Å²) in [4.78, 5) is -1.10. The first kappa shape index (κ1) is 17.1. The molecule has 0 N–H and O–H groups in total. The van der Waals surface area contributed by atoms with Gasteiger partial charge in [-0.2, -0.15) is 0 Å². The van der Waals surface area contributed by atoms with Gasteiger partial charge in [0.2, 0.25) is 0 Å². The maximum Gasteiger partial charge on any atom is 2.00 e. The van der Waals surface area contributed by atoms with E-state index < -0.39 is 30.0 Å². The van der Waals surface area contributed by atoms with Gasteiger partial charge in [0.1, 0.15) is 20.2 Å². The molecular weight excluding hydrogens is 368 g/mol. The van der Waals surface area contributed by atoms with Crippen molar-refractivity contribution in [1.29, 1.82) is 0 Å². The molecule has 6 nitrogen and oxygen atoms in total. The summed E-state index contributed by atoms with van der Waals surface area (Å²) in [6, 6.07) is 7.09. The minimum absolute atomic E-state index is 0. The second kappa shape index (κ2) is 5.78. The fourth-order valence-corrected chi connectivity index (χ4v) is 3.07. The van der Waals surface area contributed by atoms with Crippen molar-refractivity contribution in [3.05, 3.63) is 36.4 Å². The fourth-order valence-electron chi connectivity index (χ4n) is 1.69. The van der Waals surface area contributed by atoms with Gasteiger partial charge < -0.3 is 9.11 Å². The summed E-state index contributed by atoms with van der Waals surface area (Å²) < 4.78 is 66.1. The van der Waals surface area contributed by atoms with Crippen molar-refractivity contribution in [2.45, 2.75) is 9.79 Å². The Kier molecular flexibility index (Phi) is 5.19. The number of hydrogen-bond acceptors (Lipinski definition) is 6. The SMILES string of the molecule is O=S(=O)([O-])c1cccc2c(S(=O)(=O)[O-])cccc12.[Sr+2]. The third kappa shape index (κ3) is 3.56. The Bertz CT molecular complexity index is 755. The van der Waals surface area contributed by atoms with Crippen molar-refractivity contribution in [3.8, 4) is 0 Å². The van der Waals surface area contributed by atoms with Crippen LogP contribution < -0.4 is 0 Å². The maximum absolute atomic E-state index is 11.0. The van der Waals surface area contributed by atoms with E-state index in [2.05, 4.69) is 0 Å². The zero-order chi connectivity index (χ0) is 13.6. The third-order valence-corrected chi connectivity index (χ3v) is 4.17. The Morgan fingerprint density at radius 3 is 1.26 bits per heavy atom. The smallest absolute Gasteiger partial charge is 0.744 e. The molecule has 0 unspecified atom stereocenters. The summed E-state index contributed by atoms with van der Waals surface area (Å²) in [5.74, 6) is 0. The van der Waals surface area contributed by atoms with Crippen molar-refractivity contribution >= 4 is 76.5 Å². The molecule has 19 heavy (non-hydrogen) atoms. The zero-order valence-electron chi connectivity index (χ0n) is 9.44. The van der Waals surface area contributed by atoms with Gasteiger partial charge in [-0.3, -0.25) is 0 Å². The quantitative estimate of drug-likeness (QED) is 0.551. The molecule has 96 valence electrons. The van der Waals surface area contributed by atoms with Crippen LogP contribution in [-0.2, 0) is 20.2 Å². The first-order valence-electron chi connectivity index (χ1n) is 4.65. The molecule has 9 heteroatoms. The minimum Gasteiger partial charge on any atom is -0.744 e. The van der Waals surface area contributed by atoms with Crippen LogP contribution in [0, 0.1) is 0 Å². The summed E-state index contributed by atoms with van der Waals surface area (Å²) in [5.41, 5.74) is 0. The predicted octanol–water partition coefficient (Wildman–Crippen LogP) is 0.267. The van der Waals surface area contributed by atoms with E-state index in [1.165, 1.54) is 24.3 Å². The Morgan fingerprint density at radius 1 is 0.684 bits per heavy atom. The maximum atomic E-state index is 11.0. The van der Waals surface area contributed by atoms with Crippen LogP contribution >= 0.6 is 0 Å². The molecule has 0 bridgehead atoms. The molecule has 0 atom stereocenters. The molecule has 0 aliphatic carbocycles. The molecule has 0 aliphatic rings. The molecule has 0 heterocycles. The monoisotopic (exact) mass is 374 g/mol. The summed E-state index contributed by atoms with van der Waals surface area (Å²) in [6.45, 7) is 0. The largest absolute Gasteiger partial charge is 2.00 e. The molecule has 0 saturated heterocycles. The summed E-state index contributed by atoms with van der Waals surface area (Å²) >= 11 is 0. The molecule has 0 fully saturated rings. The first-order valence-corrected chi connectivity index (χ1v) is 7.46. The first-order chi connectivity index (χ1) is 8.21. The normalized spacial score (nSPS) is 12.1. The molecular formula is C10H6O6S2Sr. The average Bonchev–Trinajstić information content (AvgIpc) is 2.24. The van der Waals surface area contributed by atoms with E-state index in [9.17, 15) is 25.9 Å². The summed E-state index contributed by atoms with van der Waals surface area (Å²) in [7, 11) is -9.48.